The number of nitrogens with zero attached hydrogens (tertiary/aromatic N) is 2. The molecule has 3 heterocycles. The number of rotatable bonds is 3. The second-order valence-corrected chi connectivity index (χ2v) is 7.25. The third kappa shape index (κ3) is 3.71. The van der Waals surface area contributed by atoms with Crippen molar-refractivity contribution in [3.8, 4) is 0 Å². The number of benzene rings is 1. The van der Waals surface area contributed by atoms with Crippen molar-refractivity contribution in [2.75, 3.05) is 32.8 Å². The molecule has 5 nitrogen and oxygen atoms in total. The number of amides is 1. The number of likely N-dealkylation sites (tertiary alicyclic amines) is 1. The Balaban J connectivity index is 1.44. The highest BCUT2D eigenvalue weighted by molar-refractivity contribution is 5.78. The molecule has 6 heteroatoms. The molecule has 136 valence electrons. The zero-order valence-corrected chi connectivity index (χ0v) is 14.4. The molecule has 1 amide bonds. The average molecular weight is 348 g/mol. The number of carbonyl (C=O) groups is 1. The number of hydrogen-bond donors (Lipinski definition) is 0. The predicted molar refractivity (Wildman–Crippen MR) is 89.9 cm³/mol. The normalized spacial score (nSPS) is 30.3. The van der Waals surface area contributed by atoms with Crippen LogP contribution < -0.4 is 0 Å². The Kier molecular flexibility index (Phi) is 5.01. The number of fused-ring (bicyclic) bond motifs is 1. The predicted octanol–water partition coefficient (Wildman–Crippen LogP) is 2.22. The van der Waals surface area contributed by atoms with Gasteiger partial charge in [0.25, 0.3) is 0 Å². The second kappa shape index (κ2) is 7.40. The highest BCUT2D eigenvalue weighted by Gasteiger charge is 2.43. The Labute approximate surface area is 147 Å². The molecule has 0 spiro atoms. The zero-order valence-electron chi connectivity index (χ0n) is 14.4. The van der Waals surface area contributed by atoms with Crippen LogP contribution in [0.25, 0.3) is 0 Å². The van der Waals surface area contributed by atoms with E-state index in [1.165, 1.54) is 6.07 Å². The molecule has 3 atom stereocenters. The molecule has 0 aromatic heterocycles. The summed E-state index contributed by atoms with van der Waals surface area (Å²) in [5.41, 5.74) is 0.973. The monoisotopic (exact) mass is 348 g/mol. The zero-order chi connectivity index (χ0) is 17.2. The van der Waals surface area contributed by atoms with Gasteiger partial charge in [-0.15, -0.1) is 0 Å². The first kappa shape index (κ1) is 16.9. The minimum absolute atomic E-state index is 0.0350. The SMILES string of the molecule is O=C([C@@H]1CCO[C@@H]2CCN(Cc3cccc(F)c3)C[C@H]21)N1CCCO1. The first-order valence-corrected chi connectivity index (χ1v) is 9.23. The van der Waals surface area contributed by atoms with Crippen molar-refractivity contribution in [1.82, 2.24) is 9.96 Å². The number of hydroxylamine groups is 2. The summed E-state index contributed by atoms with van der Waals surface area (Å²) in [5, 5.41) is 1.55. The Morgan fingerprint density at radius 2 is 2.16 bits per heavy atom. The van der Waals surface area contributed by atoms with Crippen molar-refractivity contribution in [2.24, 2.45) is 11.8 Å². The number of halogens is 1. The number of carbonyl (C=O) groups excluding carboxylic acids is 1. The van der Waals surface area contributed by atoms with Crippen LogP contribution in [0.15, 0.2) is 24.3 Å². The summed E-state index contributed by atoms with van der Waals surface area (Å²) < 4.78 is 19.4. The van der Waals surface area contributed by atoms with Crippen molar-refractivity contribution < 1.29 is 18.8 Å². The van der Waals surface area contributed by atoms with Crippen LogP contribution in [-0.2, 0) is 20.9 Å². The molecule has 0 N–H and O–H groups in total. The maximum absolute atomic E-state index is 13.4. The molecule has 0 bridgehead atoms. The molecular formula is C19H25FN2O3. The lowest BCUT2D eigenvalue weighted by molar-refractivity contribution is -0.185. The first-order chi connectivity index (χ1) is 12.2. The summed E-state index contributed by atoms with van der Waals surface area (Å²) in [6.45, 7) is 4.41. The van der Waals surface area contributed by atoms with Gasteiger partial charge in [-0.3, -0.25) is 14.5 Å². The maximum Gasteiger partial charge on any atom is 0.249 e. The van der Waals surface area contributed by atoms with Crippen LogP contribution >= 0.6 is 0 Å². The van der Waals surface area contributed by atoms with Crippen molar-refractivity contribution in [3.63, 3.8) is 0 Å². The summed E-state index contributed by atoms with van der Waals surface area (Å²) in [6, 6.07) is 6.76. The van der Waals surface area contributed by atoms with E-state index in [-0.39, 0.29) is 29.7 Å². The van der Waals surface area contributed by atoms with Crippen LogP contribution in [-0.4, -0.2) is 54.8 Å². The molecule has 3 fully saturated rings. The Morgan fingerprint density at radius 1 is 1.24 bits per heavy atom. The summed E-state index contributed by atoms with van der Waals surface area (Å²) in [4.78, 5) is 20.6. The molecular weight excluding hydrogens is 323 g/mol. The Bertz CT molecular complexity index is 620. The molecule has 0 aliphatic carbocycles. The van der Waals surface area contributed by atoms with E-state index in [0.717, 1.165) is 37.9 Å². The molecule has 1 aromatic rings. The Morgan fingerprint density at radius 3 is 2.96 bits per heavy atom. The van der Waals surface area contributed by atoms with E-state index in [1.54, 1.807) is 17.2 Å². The van der Waals surface area contributed by atoms with Gasteiger partial charge in [0.15, 0.2) is 0 Å². The van der Waals surface area contributed by atoms with Gasteiger partial charge in [0.2, 0.25) is 5.91 Å². The van der Waals surface area contributed by atoms with Crippen molar-refractivity contribution >= 4 is 5.91 Å². The Hall–Kier alpha value is -1.50. The van der Waals surface area contributed by atoms with Crippen LogP contribution in [0.1, 0.15) is 24.8 Å². The van der Waals surface area contributed by atoms with Crippen LogP contribution in [0.5, 0.6) is 0 Å². The van der Waals surface area contributed by atoms with Crippen molar-refractivity contribution in [1.29, 1.82) is 0 Å². The quantitative estimate of drug-likeness (QED) is 0.840. The van der Waals surface area contributed by atoms with E-state index in [9.17, 15) is 9.18 Å². The largest absolute Gasteiger partial charge is 0.378 e. The number of piperidine rings is 1. The molecule has 25 heavy (non-hydrogen) atoms. The molecule has 4 rings (SSSR count). The van der Waals surface area contributed by atoms with Crippen LogP contribution in [0.4, 0.5) is 4.39 Å². The van der Waals surface area contributed by atoms with Crippen LogP contribution in [0.3, 0.4) is 0 Å². The molecule has 3 saturated heterocycles. The number of ether oxygens (including phenoxy) is 1. The van der Waals surface area contributed by atoms with Gasteiger partial charge < -0.3 is 4.74 Å². The van der Waals surface area contributed by atoms with E-state index < -0.39 is 0 Å². The highest BCUT2D eigenvalue weighted by atomic mass is 19.1. The van der Waals surface area contributed by atoms with E-state index in [4.69, 9.17) is 9.57 Å². The molecule has 0 unspecified atom stereocenters. The second-order valence-electron chi connectivity index (χ2n) is 7.25. The first-order valence-electron chi connectivity index (χ1n) is 9.23. The minimum atomic E-state index is -0.201. The van der Waals surface area contributed by atoms with Gasteiger partial charge in [-0.25, -0.2) is 9.45 Å². The minimum Gasteiger partial charge on any atom is -0.378 e. The van der Waals surface area contributed by atoms with Gasteiger partial charge in [0.1, 0.15) is 5.82 Å². The van der Waals surface area contributed by atoms with Crippen molar-refractivity contribution in [2.45, 2.75) is 31.9 Å². The standard InChI is InChI=1S/C19H25FN2O3/c20-15-4-1-3-14(11-15)12-21-8-5-18-17(13-21)16(6-10-24-18)19(23)22-7-2-9-25-22/h1,3-4,11,16-18H,2,5-10,12-13H2/t16-,17+,18-/m1/s1. The summed E-state index contributed by atoms with van der Waals surface area (Å²) in [5.74, 6) is 0.0657. The van der Waals surface area contributed by atoms with Gasteiger partial charge in [-0.05, 0) is 37.0 Å². The number of hydrogen-bond acceptors (Lipinski definition) is 4. The average Bonchev–Trinajstić information content (AvgIpc) is 3.15. The van der Waals surface area contributed by atoms with E-state index >= 15 is 0 Å². The molecule has 3 aliphatic rings. The fourth-order valence-corrected chi connectivity index (χ4v) is 4.33. The molecule has 1 aromatic carbocycles. The lowest BCUT2D eigenvalue weighted by Crippen LogP contribution is -2.53. The van der Waals surface area contributed by atoms with Gasteiger partial charge >= 0.3 is 0 Å². The van der Waals surface area contributed by atoms with Crippen LogP contribution in [0.2, 0.25) is 0 Å². The smallest absolute Gasteiger partial charge is 0.249 e. The van der Waals surface area contributed by atoms with Gasteiger partial charge in [0, 0.05) is 38.1 Å². The van der Waals surface area contributed by atoms with Crippen molar-refractivity contribution in [3.05, 3.63) is 35.6 Å². The third-order valence-corrected chi connectivity index (χ3v) is 5.56. The summed E-state index contributed by atoms with van der Waals surface area (Å²) in [6.07, 6.45) is 2.74. The van der Waals surface area contributed by atoms with Gasteiger partial charge in [0.05, 0.1) is 19.3 Å². The third-order valence-electron chi connectivity index (χ3n) is 5.56. The molecule has 0 radical (unpaired) electrons. The van der Waals surface area contributed by atoms with Crippen LogP contribution in [0, 0.1) is 17.7 Å². The summed E-state index contributed by atoms with van der Waals surface area (Å²) >= 11 is 0. The lowest BCUT2D eigenvalue weighted by atomic mass is 9.78. The maximum atomic E-state index is 13.4. The fourth-order valence-electron chi connectivity index (χ4n) is 4.33. The van der Waals surface area contributed by atoms with Gasteiger partial charge in [-0.2, -0.15) is 0 Å². The fraction of sp³-hybridized carbons (Fsp3) is 0.632. The molecule has 3 aliphatic heterocycles. The lowest BCUT2D eigenvalue weighted by Gasteiger charge is -2.45. The van der Waals surface area contributed by atoms with E-state index in [2.05, 4.69) is 4.90 Å². The topological polar surface area (TPSA) is 42.0 Å². The van der Waals surface area contributed by atoms with E-state index in [1.807, 2.05) is 6.07 Å². The molecule has 0 saturated carbocycles. The van der Waals surface area contributed by atoms with Gasteiger partial charge in [-0.1, -0.05) is 12.1 Å². The summed E-state index contributed by atoms with van der Waals surface area (Å²) in [7, 11) is 0. The van der Waals surface area contributed by atoms with E-state index in [0.29, 0.717) is 26.3 Å². The highest BCUT2D eigenvalue weighted by Crippen LogP contribution is 2.35.